The van der Waals surface area contributed by atoms with Gasteiger partial charge in [-0.3, -0.25) is 14.4 Å². The first-order valence-electron chi connectivity index (χ1n) is 6.45. The van der Waals surface area contributed by atoms with E-state index in [9.17, 15) is 9.59 Å². The number of fused-ring (bicyclic) bond motifs is 1. The summed E-state index contributed by atoms with van der Waals surface area (Å²) in [5.41, 5.74) is 3.40. The summed E-state index contributed by atoms with van der Waals surface area (Å²) in [7, 11) is 1.36. The second kappa shape index (κ2) is 5.46. The number of nitrogens with one attached hydrogen (secondary N) is 1. The highest BCUT2D eigenvalue weighted by Crippen LogP contribution is 2.17. The normalized spacial score (nSPS) is 11.1. The molecule has 5 nitrogen and oxygen atoms in total. The van der Waals surface area contributed by atoms with Crippen LogP contribution in [-0.4, -0.2) is 17.6 Å². The molecule has 0 saturated carbocycles. The number of pyridine rings is 1. The summed E-state index contributed by atoms with van der Waals surface area (Å²) in [5.74, 6) is -0.430. The summed E-state index contributed by atoms with van der Waals surface area (Å²) in [5, 5.41) is 1.37. The second-order valence-electron chi connectivity index (χ2n) is 5.02. The van der Waals surface area contributed by atoms with E-state index in [1.165, 1.54) is 11.7 Å². The van der Waals surface area contributed by atoms with E-state index in [4.69, 9.17) is 0 Å². The topological polar surface area (TPSA) is 60.3 Å². The molecule has 2 rings (SSSR count). The molecule has 0 saturated heterocycles. The molecule has 0 unspecified atom stereocenters. The summed E-state index contributed by atoms with van der Waals surface area (Å²) in [4.78, 5) is 29.3. The van der Waals surface area contributed by atoms with Crippen molar-refractivity contribution in [1.82, 2.24) is 10.0 Å². The van der Waals surface area contributed by atoms with E-state index >= 15 is 0 Å². The van der Waals surface area contributed by atoms with Crippen LogP contribution in [0.15, 0.2) is 29.1 Å². The number of hydrogen-bond acceptors (Lipinski definition) is 3. The van der Waals surface area contributed by atoms with Crippen LogP contribution in [0.4, 0.5) is 0 Å². The van der Waals surface area contributed by atoms with Gasteiger partial charge in [0.1, 0.15) is 5.69 Å². The van der Waals surface area contributed by atoms with Crippen LogP contribution in [0.3, 0.4) is 0 Å². The second-order valence-corrected chi connectivity index (χ2v) is 5.02. The van der Waals surface area contributed by atoms with E-state index in [0.717, 1.165) is 10.9 Å². The molecule has 0 atom stereocenters. The minimum atomic E-state index is -0.430. The molecule has 0 aliphatic heterocycles. The van der Waals surface area contributed by atoms with Crippen LogP contribution in [0.2, 0.25) is 0 Å². The molecular formula is C15H18N2O3. The molecule has 20 heavy (non-hydrogen) atoms. The van der Waals surface area contributed by atoms with Gasteiger partial charge in [0.15, 0.2) is 0 Å². The van der Waals surface area contributed by atoms with Gasteiger partial charge in [-0.25, -0.2) is 5.48 Å². The number of amides is 1. The summed E-state index contributed by atoms with van der Waals surface area (Å²) in [6.45, 7) is 5.67. The van der Waals surface area contributed by atoms with Crippen molar-refractivity contribution in [3.05, 3.63) is 45.9 Å². The Morgan fingerprint density at radius 1 is 1.30 bits per heavy atom. The number of carbonyl (C=O) groups excluding carboxylic acids is 1. The van der Waals surface area contributed by atoms with Crippen molar-refractivity contribution in [2.45, 2.75) is 26.8 Å². The largest absolute Gasteiger partial charge is 0.301 e. The van der Waals surface area contributed by atoms with Crippen molar-refractivity contribution in [3.63, 3.8) is 0 Å². The Labute approximate surface area is 117 Å². The molecule has 0 aliphatic carbocycles. The number of nitrogens with zero attached hydrogens (tertiary/aromatic N) is 1. The van der Waals surface area contributed by atoms with Gasteiger partial charge in [0.25, 0.3) is 11.5 Å². The van der Waals surface area contributed by atoms with Gasteiger partial charge in [-0.2, -0.15) is 0 Å². The van der Waals surface area contributed by atoms with E-state index < -0.39 is 5.91 Å². The lowest BCUT2D eigenvalue weighted by Crippen LogP contribution is -2.33. The summed E-state index contributed by atoms with van der Waals surface area (Å²) < 4.78 is 1.48. The first kappa shape index (κ1) is 14.3. The third kappa shape index (κ3) is 2.44. The third-order valence-electron chi connectivity index (χ3n) is 3.15. The number of hydroxylamine groups is 1. The van der Waals surface area contributed by atoms with Crippen molar-refractivity contribution < 1.29 is 9.63 Å². The van der Waals surface area contributed by atoms with Crippen LogP contribution in [-0.2, 0) is 4.84 Å². The zero-order chi connectivity index (χ0) is 14.9. The molecule has 5 heteroatoms. The van der Waals surface area contributed by atoms with Crippen molar-refractivity contribution in [1.29, 1.82) is 0 Å². The SMILES string of the molecule is CONC(=O)c1cc2ccc(C)cc2c(=O)n1C(C)C. The molecular weight excluding hydrogens is 256 g/mol. The lowest BCUT2D eigenvalue weighted by atomic mass is 10.1. The molecule has 2 aromatic rings. The zero-order valence-electron chi connectivity index (χ0n) is 12.1. The number of aryl methyl sites for hydroxylation is 1. The van der Waals surface area contributed by atoms with Crippen LogP contribution in [0.5, 0.6) is 0 Å². The highest BCUT2D eigenvalue weighted by atomic mass is 16.6. The van der Waals surface area contributed by atoms with Gasteiger partial charge >= 0.3 is 0 Å². The average Bonchev–Trinajstić information content (AvgIpc) is 2.39. The Bertz CT molecular complexity index is 717. The average molecular weight is 274 g/mol. The molecule has 0 bridgehead atoms. The predicted octanol–water partition coefficient (Wildman–Crippen LogP) is 2.18. The number of benzene rings is 1. The number of carbonyl (C=O) groups is 1. The van der Waals surface area contributed by atoms with E-state index in [0.29, 0.717) is 11.1 Å². The van der Waals surface area contributed by atoms with Gasteiger partial charge in [-0.15, -0.1) is 0 Å². The van der Waals surface area contributed by atoms with Crippen molar-refractivity contribution in [2.75, 3.05) is 7.11 Å². The van der Waals surface area contributed by atoms with Crippen molar-refractivity contribution in [2.24, 2.45) is 0 Å². The van der Waals surface area contributed by atoms with Gasteiger partial charge in [0, 0.05) is 11.4 Å². The minimum Gasteiger partial charge on any atom is -0.301 e. The van der Waals surface area contributed by atoms with Crippen LogP contribution >= 0.6 is 0 Å². The van der Waals surface area contributed by atoms with Crippen molar-refractivity contribution >= 4 is 16.7 Å². The van der Waals surface area contributed by atoms with Crippen LogP contribution in [0.25, 0.3) is 10.8 Å². The fraction of sp³-hybridized carbons (Fsp3) is 0.333. The highest BCUT2D eigenvalue weighted by Gasteiger charge is 2.17. The van der Waals surface area contributed by atoms with E-state index in [-0.39, 0.29) is 11.6 Å². The summed E-state index contributed by atoms with van der Waals surface area (Å²) in [6.07, 6.45) is 0. The lowest BCUT2D eigenvalue weighted by Gasteiger charge is -2.17. The van der Waals surface area contributed by atoms with Gasteiger partial charge in [-0.1, -0.05) is 17.7 Å². The maximum absolute atomic E-state index is 12.6. The molecule has 1 aromatic carbocycles. The Morgan fingerprint density at radius 2 is 2.00 bits per heavy atom. The minimum absolute atomic E-state index is 0.120. The monoisotopic (exact) mass is 274 g/mol. The molecule has 0 radical (unpaired) electrons. The molecule has 1 amide bonds. The fourth-order valence-electron chi connectivity index (χ4n) is 2.27. The van der Waals surface area contributed by atoms with Crippen LogP contribution in [0, 0.1) is 6.92 Å². The van der Waals surface area contributed by atoms with Gasteiger partial charge in [-0.05, 0) is 38.3 Å². The molecule has 0 spiro atoms. The predicted molar refractivity (Wildman–Crippen MR) is 77.8 cm³/mol. The third-order valence-corrected chi connectivity index (χ3v) is 3.15. The first-order chi connectivity index (χ1) is 9.45. The standard InChI is InChI=1S/C15H18N2O3/c1-9(2)17-13(14(18)16-20-4)8-11-6-5-10(3)7-12(11)15(17)19/h5-9H,1-4H3,(H,16,18). The zero-order valence-corrected chi connectivity index (χ0v) is 12.1. The maximum atomic E-state index is 12.6. The number of aromatic nitrogens is 1. The molecule has 0 fully saturated rings. The smallest absolute Gasteiger partial charge is 0.291 e. The molecule has 0 aliphatic rings. The Balaban J connectivity index is 2.80. The van der Waals surface area contributed by atoms with Crippen LogP contribution < -0.4 is 11.0 Å². The number of rotatable bonds is 3. The summed E-state index contributed by atoms with van der Waals surface area (Å²) >= 11 is 0. The van der Waals surface area contributed by atoms with Gasteiger partial charge < -0.3 is 4.57 Å². The molecule has 1 heterocycles. The molecule has 106 valence electrons. The summed E-state index contributed by atoms with van der Waals surface area (Å²) in [6, 6.07) is 7.20. The quantitative estimate of drug-likeness (QED) is 0.873. The maximum Gasteiger partial charge on any atom is 0.291 e. The molecule has 1 aromatic heterocycles. The van der Waals surface area contributed by atoms with E-state index in [1.54, 1.807) is 6.07 Å². The van der Waals surface area contributed by atoms with Crippen LogP contribution in [0.1, 0.15) is 35.9 Å². The van der Waals surface area contributed by atoms with Gasteiger partial charge in [0.05, 0.1) is 7.11 Å². The molecule has 1 N–H and O–H groups in total. The highest BCUT2D eigenvalue weighted by molar-refractivity contribution is 5.96. The van der Waals surface area contributed by atoms with E-state index in [1.807, 2.05) is 39.0 Å². The van der Waals surface area contributed by atoms with E-state index in [2.05, 4.69) is 10.3 Å². The Kier molecular flexibility index (Phi) is 3.90. The van der Waals surface area contributed by atoms with Crippen molar-refractivity contribution in [3.8, 4) is 0 Å². The van der Waals surface area contributed by atoms with Gasteiger partial charge in [0.2, 0.25) is 0 Å². The Morgan fingerprint density at radius 3 is 2.60 bits per heavy atom. The lowest BCUT2D eigenvalue weighted by molar-refractivity contribution is 0.0525. The fourth-order valence-corrected chi connectivity index (χ4v) is 2.27. The number of hydrogen-bond donors (Lipinski definition) is 1. The Hall–Kier alpha value is -2.14. The first-order valence-corrected chi connectivity index (χ1v) is 6.45.